The van der Waals surface area contributed by atoms with Crippen molar-refractivity contribution in [3.8, 4) is 5.75 Å². The molecule has 2 aliphatic rings. The number of hydrogen-bond acceptors (Lipinski definition) is 4. The number of piperazine rings is 1. The van der Waals surface area contributed by atoms with Gasteiger partial charge in [-0.3, -0.25) is 9.69 Å². The number of carbonyl (C=O) groups excluding carboxylic acids is 1. The van der Waals surface area contributed by atoms with Gasteiger partial charge in [-0.15, -0.1) is 0 Å². The third-order valence-corrected chi connectivity index (χ3v) is 5.62. The van der Waals surface area contributed by atoms with Crippen LogP contribution in [0.4, 0.5) is 5.69 Å². The lowest BCUT2D eigenvalue weighted by Gasteiger charge is -2.37. The zero-order chi connectivity index (χ0) is 17.6. The van der Waals surface area contributed by atoms with Gasteiger partial charge in [0.05, 0.1) is 19.3 Å². The summed E-state index contributed by atoms with van der Waals surface area (Å²) >= 11 is 0. The minimum Gasteiger partial charge on any atom is -0.495 e. The van der Waals surface area contributed by atoms with Crippen LogP contribution in [0.5, 0.6) is 5.75 Å². The van der Waals surface area contributed by atoms with E-state index in [-0.39, 0.29) is 5.91 Å². The van der Waals surface area contributed by atoms with Gasteiger partial charge in [0.1, 0.15) is 5.75 Å². The van der Waals surface area contributed by atoms with Crippen LogP contribution in [-0.4, -0.2) is 56.7 Å². The van der Waals surface area contributed by atoms with Crippen LogP contribution in [0.15, 0.2) is 24.3 Å². The second kappa shape index (κ2) is 8.56. The van der Waals surface area contributed by atoms with Crippen molar-refractivity contribution in [2.75, 3.05) is 44.7 Å². The Bertz CT molecular complexity index is 570. The number of amides is 1. The predicted molar refractivity (Wildman–Crippen MR) is 101 cm³/mol. The molecule has 5 nitrogen and oxygen atoms in total. The van der Waals surface area contributed by atoms with E-state index in [4.69, 9.17) is 4.74 Å². The van der Waals surface area contributed by atoms with E-state index in [0.29, 0.717) is 18.5 Å². The number of rotatable bonds is 5. The number of para-hydroxylation sites is 2. The van der Waals surface area contributed by atoms with E-state index in [1.807, 2.05) is 18.2 Å². The molecule has 2 atom stereocenters. The zero-order valence-electron chi connectivity index (χ0n) is 15.5. The summed E-state index contributed by atoms with van der Waals surface area (Å²) in [5, 5.41) is 3.26. The van der Waals surface area contributed by atoms with E-state index < -0.39 is 0 Å². The summed E-state index contributed by atoms with van der Waals surface area (Å²) in [6, 6.07) is 8.51. The predicted octanol–water partition coefficient (Wildman–Crippen LogP) is 2.51. The van der Waals surface area contributed by atoms with Crippen molar-refractivity contribution >= 4 is 11.6 Å². The van der Waals surface area contributed by atoms with E-state index in [1.165, 1.54) is 19.3 Å². The van der Waals surface area contributed by atoms with Gasteiger partial charge in [0.2, 0.25) is 5.91 Å². The largest absolute Gasteiger partial charge is 0.495 e. The van der Waals surface area contributed by atoms with Crippen molar-refractivity contribution < 1.29 is 9.53 Å². The van der Waals surface area contributed by atoms with Crippen molar-refractivity contribution in [3.63, 3.8) is 0 Å². The Morgan fingerprint density at radius 2 is 1.88 bits per heavy atom. The van der Waals surface area contributed by atoms with E-state index in [0.717, 1.165) is 44.0 Å². The van der Waals surface area contributed by atoms with Gasteiger partial charge in [-0.05, 0) is 30.9 Å². The fourth-order valence-corrected chi connectivity index (χ4v) is 4.02. The van der Waals surface area contributed by atoms with E-state index in [9.17, 15) is 4.79 Å². The molecule has 3 rings (SSSR count). The van der Waals surface area contributed by atoms with Crippen LogP contribution in [0.1, 0.15) is 32.6 Å². The first-order valence-electron chi connectivity index (χ1n) is 9.57. The van der Waals surface area contributed by atoms with Crippen molar-refractivity contribution in [1.82, 2.24) is 10.2 Å². The summed E-state index contributed by atoms with van der Waals surface area (Å²) in [7, 11) is 1.71. The molecule has 1 saturated heterocycles. The minimum absolute atomic E-state index is 0.185. The maximum Gasteiger partial charge on any atom is 0.234 e. The van der Waals surface area contributed by atoms with Crippen LogP contribution in [-0.2, 0) is 4.79 Å². The van der Waals surface area contributed by atoms with Gasteiger partial charge < -0.3 is 15.0 Å². The molecule has 1 aromatic carbocycles. The van der Waals surface area contributed by atoms with Gasteiger partial charge in [0.15, 0.2) is 0 Å². The number of ether oxygens (including phenoxy) is 1. The molecule has 1 saturated carbocycles. The molecule has 5 heteroatoms. The summed E-state index contributed by atoms with van der Waals surface area (Å²) in [6.07, 6.45) is 4.92. The van der Waals surface area contributed by atoms with Crippen LogP contribution in [0.25, 0.3) is 0 Å². The maximum atomic E-state index is 12.4. The molecule has 25 heavy (non-hydrogen) atoms. The fraction of sp³-hybridized carbons (Fsp3) is 0.650. The smallest absolute Gasteiger partial charge is 0.234 e. The van der Waals surface area contributed by atoms with Gasteiger partial charge in [-0.2, -0.15) is 0 Å². The Balaban J connectivity index is 1.46. The van der Waals surface area contributed by atoms with Crippen LogP contribution >= 0.6 is 0 Å². The monoisotopic (exact) mass is 345 g/mol. The summed E-state index contributed by atoms with van der Waals surface area (Å²) in [5.41, 5.74) is 1.14. The lowest BCUT2D eigenvalue weighted by molar-refractivity contribution is -0.123. The Kier molecular flexibility index (Phi) is 6.19. The first-order valence-corrected chi connectivity index (χ1v) is 9.57. The van der Waals surface area contributed by atoms with Gasteiger partial charge in [0.25, 0.3) is 0 Å². The molecule has 1 aromatic rings. The summed E-state index contributed by atoms with van der Waals surface area (Å²) in [4.78, 5) is 17.0. The summed E-state index contributed by atoms with van der Waals surface area (Å²) in [5.74, 6) is 1.71. The zero-order valence-corrected chi connectivity index (χ0v) is 15.5. The molecule has 138 valence electrons. The molecule has 0 bridgehead atoms. The molecule has 1 N–H and O–H groups in total. The fourth-order valence-electron chi connectivity index (χ4n) is 4.02. The highest BCUT2D eigenvalue weighted by Crippen LogP contribution is 2.28. The Morgan fingerprint density at radius 3 is 2.60 bits per heavy atom. The molecular weight excluding hydrogens is 314 g/mol. The van der Waals surface area contributed by atoms with Crippen molar-refractivity contribution in [2.24, 2.45) is 5.92 Å². The average molecular weight is 345 g/mol. The van der Waals surface area contributed by atoms with Crippen molar-refractivity contribution in [3.05, 3.63) is 24.3 Å². The van der Waals surface area contributed by atoms with Gasteiger partial charge in [-0.25, -0.2) is 0 Å². The molecule has 1 aliphatic carbocycles. The van der Waals surface area contributed by atoms with Crippen LogP contribution in [0, 0.1) is 5.92 Å². The lowest BCUT2D eigenvalue weighted by Crippen LogP contribution is -2.51. The Hall–Kier alpha value is -1.75. The third kappa shape index (κ3) is 4.66. The quantitative estimate of drug-likeness (QED) is 0.891. The molecule has 0 aromatic heterocycles. The van der Waals surface area contributed by atoms with Crippen molar-refractivity contribution in [2.45, 2.75) is 38.6 Å². The minimum atomic E-state index is 0.185. The van der Waals surface area contributed by atoms with E-state index in [1.54, 1.807) is 7.11 Å². The summed E-state index contributed by atoms with van der Waals surface area (Å²) in [6.45, 7) is 6.44. The van der Waals surface area contributed by atoms with Gasteiger partial charge >= 0.3 is 0 Å². The molecule has 1 aliphatic heterocycles. The highest BCUT2D eigenvalue weighted by atomic mass is 16.5. The average Bonchev–Trinajstić information content (AvgIpc) is 2.64. The highest BCUT2D eigenvalue weighted by Gasteiger charge is 2.25. The molecule has 1 amide bonds. The Labute approximate surface area is 151 Å². The van der Waals surface area contributed by atoms with Crippen molar-refractivity contribution in [1.29, 1.82) is 0 Å². The molecule has 0 radical (unpaired) electrons. The second-order valence-electron chi connectivity index (χ2n) is 7.37. The SMILES string of the molecule is COc1ccccc1N1CCN(CC(=O)N[C@@H]2CCCC[C@@H]2C)CC1. The number of nitrogens with zero attached hydrogens (tertiary/aromatic N) is 2. The molecular formula is C20H31N3O2. The first-order chi connectivity index (χ1) is 12.2. The molecule has 1 heterocycles. The van der Waals surface area contributed by atoms with Crippen LogP contribution in [0.2, 0.25) is 0 Å². The number of carbonyl (C=O) groups is 1. The highest BCUT2D eigenvalue weighted by molar-refractivity contribution is 5.78. The molecule has 0 spiro atoms. The summed E-state index contributed by atoms with van der Waals surface area (Å²) < 4.78 is 5.47. The van der Waals surface area contributed by atoms with E-state index in [2.05, 4.69) is 28.1 Å². The second-order valence-corrected chi connectivity index (χ2v) is 7.37. The van der Waals surface area contributed by atoms with Crippen LogP contribution in [0.3, 0.4) is 0 Å². The third-order valence-electron chi connectivity index (χ3n) is 5.62. The van der Waals surface area contributed by atoms with Crippen LogP contribution < -0.4 is 15.0 Å². The van der Waals surface area contributed by atoms with Gasteiger partial charge in [-0.1, -0.05) is 31.9 Å². The lowest BCUT2D eigenvalue weighted by atomic mass is 9.86. The van der Waals surface area contributed by atoms with Gasteiger partial charge in [0, 0.05) is 32.2 Å². The number of anilines is 1. The number of hydrogen-bond donors (Lipinski definition) is 1. The maximum absolute atomic E-state index is 12.4. The molecule has 0 unspecified atom stereocenters. The normalized spacial score (nSPS) is 24.8. The number of nitrogens with one attached hydrogen (secondary N) is 1. The first kappa shape index (κ1) is 18.1. The number of methoxy groups -OCH3 is 1. The molecule has 2 fully saturated rings. The Morgan fingerprint density at radius 1 is 1.16 bits per heavy atom. The van der Waals surface area contributed by atoms with E-state index >= 15 is 0 Å². The topological polar surface area (TPSA) is 44.8 Å². The number of benzene rings is 1. The standard InChI is InChI=1S/C20H31N3O2/c1-16-7-3-4-8-17(16)21-20(24)15-22-11-13-23(14-12-22)18-9-5-6-10-19(18)25-2/h5-6,9-10,16-17H,3-4,7-8,11-15H2,1-2H3,(H,21,24)/t16-,17+/m0/s1.